The van der Waals surface area contributed by atoms with Crippen molar-refractivity contribution in [2.24, 2.45) is 5.41 Å². The summed E-state index contributed by atoms with van der Waals surface area (Å²) >= 11 is 7.56. The average molecular weight is 376 g/mol. The summed E-state index contributed by atoms with van der Waals surface area (Å²) in [6.07, 6.45) is 3.54. The Bertz CT molecular complexity index is 440. The quantitative estimate of drug-likeness (QED) is 0.479. The lowest BCUT2D eigenvalue weighted by atomic mass is 9.84. The number of halogens is 2. The monoisotopic (exact) mass is 374 g/mol. The maximum atomic E-state index is 5.64. The van der Waals surface area contributed by atoms with Gasteiger partial charge in [0.25, 0.3) is 0 Å². The molecule has 0 amide bonds. The van der Waals surface area contributed by atoms with E-state index >= 15 is 0 Å². The minimum absolute atomic E-state index is 0.387. The van der Waals surface area contributed by atoms with E-state index in [0.717, 1.165) is 12.2 Å². The van der Waals surface area contributed by atoms with Gasteiger partial charge in [-0.15, -0.1) is 0 Å². The normalized spacial score (nSPS) is 22.2. The SMILES string of the molecule is CCOc1cc(Br)c2c(c1)C(Br)CC(C)(C)CC2. The third-order valence-electron chi connectivity index (χ3n) is 3.64. The smallest absolute Gasteiger partial charge is 0.120 e. The van der Waals surface area contributed by atoms with Crippen LogP contribution in [0.1, 0.15) is 49.6 Å². The number of benzene rings is 1. The van der Waals surface area contributed by atoms with Crippen molar-refractivity contribution < 1.29 is 4.74 Å². The van der Waals surface area contributed by atoms with E-state index in [4.69, 9.17) is 4.74 Å². The molecular weight excluding hydrogens is 356 g/mol. The Kier molecular flexibility index (Phi) is 4.43. The molecule has 0 aliphatic heterocycles. The van der Waals surface area contributed by atoms with E-state index < -0.39 is 0 Å². The Morgan fingerprint density at radius 2 is 2.11 bits per heavy atom. The second-order valence-corrected chi connectivity index (χ2v) is 7.70. The molecule has 1 atom stereocenters. The molecule has 0 aromatic heterocycles. The molecule has 1 aromatic carbocycles. The van der Waals surface area contributed by atoms with Crippen molar-refractivity contribution in [2.75, 3.05) is 6.61 Å². The van der Waals surface area contributed by atoms with Gasteiger partial charge in [-0.25, -0.2) is 0 Å². The zero-order valence-electron chi connectivity index (χ0n) is 11.2. The van der Waals surface area contributed by atoms with Crippen LogP contribution in [-0.2, 0) is 6.42 Å². The first-order chi connectivity index (χ1) is 8.43. The molecular formula is C15H20Br2O. The molecule has 100 valence electrons. The van der Waals surface area contributed by atoms with Gasteiger partial charge in [-0.2, -0.15) is 0 Å². The Labute approximate surface area is 127 Å². The summed E-state index contributed by atoms with van der Waals surface area (Å²) < 4.78 is 6.83. The van der Waals surface area contributed by atoms with Crippen LogP contribution < -0.4 is 4.74 Å². The number of rotatable bonds is 2. The molecule has 18 heavy (non-hydrogen) atoms. The van der Waals surface area contributed by atoms with Gasteiger partial charge in [-0.3, -0.25) is 0 Å². The fourth-order valence-corrected chi connectivity index (χ4v) is 4.52. The molecule has 1 nitrogen and oxygen atoms in total. The highest BCUT2D eigenvalue weighted by Crippen LogP contribution is 2.46. The molecule has 1 aliphatic carbocycles. The van der Waals surface area contributed by atoms with Crippen molar-refractivity contribution in [3.63, 3.8) is 0 Å². The van der Waals surface area contributed by atoms with Crippen molar-refractivity contribution in [3.05, 3.63) is 27.7 Å². The second-order valence-electron chi connectivity index (χ2n) is 5.74. The highest BCUT2D eigenvalue weighted by atomic mass is 79.9. The highest BCUT2D eigenvalue weighted by Gasteiger charge is 2.29. The molecule has 1 unspecified atom stereocenters. The molecule has 0 N–H and O–H groups in total. The number of alkyl halides is 1. The Balaban J connectivity index is 2.42. The van der Waals surface area contributed by atoms with Crippen LogP contribution in [0.25, 0.3) is 0 Å². The summed E-state index contributed by atoms with van der Waals surface area (Å²) in [6.45, 7) is 7.44. The lowest BCUT2D eigenvalue weighted by molar-refractivity contribution is 0.316. The van der Waals surface area contributed by atoms with Crippen molar-refractivity contribution >= 4 is 31.9 Å². The van der Waals surface area contributed by atoms with Crippen molar-refractivity contribution in [1.82, 2.24) is 0 Å². The molecule has 0 radical (unpaired) electrons. The van der Waals surface area contributed by atoms with Gasteiger partial charge >= 0.3 is 0 Å². The van der Waals surface area contributed by atoms with E-state index in [9.17, 15) is 0 Å². The summed E-state index contributed by atoms with van der Waals surface area (Å²) in [5.41, 5.74) is 3.21. The predicted molar refractivity (Wildman–Crippen MR) is 83.7 cm³/mol. The van der Waals surface area contributed by atoms with Crippen LogP contribution >= 0.6 is 31.9 Å². The summed E-state index contributed by atoms with van der Waals surface area (Å²) in [5, 5.41) is 0. The summed E-state index contributed by atoms with van der Waals surface area (Å²) in [6, 6.07) is 4.30. The van der Waals surface area contributed by atoms with Gasteiger partial charge in [0, 0.05) is 9.30 Å². The molecule has 1 aliphatic rings. The van der Waals surface area contributed by atoms with Gasteiger partial charge < -0.3 is 4.74 Å². The molecule has 0 heterocycles. The van der Waals surface area contributed by atoms with Gasteiger partial charge in [0.1, 0.15) is 5.75 Å². The molecule has 1 aromatic rings. The van der Waals surface area contributed by atoms with Crippen LogP contribution in [-0.4, -0.2) is 6.61 Å². The zero-order valence-corrected chi connectivity index (χ0v) is 14.4. The fourth-order valence-electron chi connectivity index (χ4n) is 2.59. The fraction of sp³-hybridized carbons (Fsp3) is 0.600. The van der Waals surface area contributed by atoms with Gasteiger partial charge in [0.05, 0.1) is 6.61 Å². The number of hydrogen-bond acceptors (Lipinski definition) is 1. The minimum atomic E-state index is 0.387. The lowest BCUT2D eigenvalue weighted by Crippen LogP contribution is -2.11. The van der Waals surface area contributed by atoms with Gasteiger partial charge in [-0.05, 0) is 54.9 Å². The maximum Gasteiger partial charge on any atom is 0.120 e. The average Bonchev–Trinajstić information content (AvgIpc) is 2.37. The number of ether oxygens (including phenoxy) is 1. The summed E-state index contributed by atoms with van der Waals surface area (Å²) in [4.78, 5) is 0.418. The van der Waals surface area contributed by atoms with Gasteiger partial charge in [-0.1, -0.05) is 45.7 Å². The lowest BCUT2D eigenvalue weighted by Gasteiger charge is -2.24. The highest BCUT2D eigenvalue weighted by molar-refractivity contribution is 9.10. The van der Waals surface area contributed by atoms with Crippen LogP contribution in [0.2, 0.25) is 0 Å². The van der Waals surface area contributed by atoms with Gasteiger partial charge in [0.15, 0.2) is 0 Å². The topological polar surface area (TPSA) is 9.23 Å². The number of hydrogen-bond donors (Lipinski definition) is 0. The van der Waals surface area contributed by atoms with E-state index in [1.807, 2.05) is 6.92 Å². The second kappa shape index (κ2) is 5.54. The van der Waals surface area contributed by atoms with E-state index in [0.29, 0.717) is 16.8 Å². The molecule has 0 saturated carbocycles. The molecule has 0 spiro atoms. The largest absolute Gasteiger partial charge is 0.494 e. The van der Waals surface area contributed by atoms with Crippen LogP contribution in [0.15, 0.2) is 16.6 Å². The third kappa shape index (κ3) is 3.11. The molecule has 0 saturated heterocycles. The van der Waals surface area contributed by atoms with Crippen LogP contribution in [0.3, 0.4) is 0 Å². The van der Waals surface area contributed by atoms with E-state index in [1.165, 1.54) is 28.4 Å². The Morgan fingerprint density at radius 1 is 1.39 bits per heavy atom. The summed E-state index contributed by atoms with van der Waals surface area (Å²) in [5.74, 6) is 0.965. The Morgan fingerprint density at radius 3 is 2.78 bits per heavy atom. The zero-order chi connectivity index (χ0) is 13.3. The van der Waals surface area contributed by atoms with Crippen molar-refractivity contribution in [3.8, 4) is 5.75 Å². The summed E-state index contributed by atoms with van der Waals surface area (Å²) in [7, 11) is 0. The van der Waals surface area contributed by atoms with Crippen molar-refractivity contribution in [1.29, 1.82) is 0 Å². The molecule has 3 heteroatoms. The standard InChI is InChI=1S/C15H20Br2O/c1-4-18-10-7-12-11(13(16)8-10)5-6-15(2,3)9-14(12)17/h7-8,14H,4-6,9H2,1-3H3. The molecule has 2 rings (SSSR count). The van der Waals surface area contributed by atoms with Crippen LogP contribution in [0, 0.1) is 5.41 Å². The Hall–Kier alpha value is -0.0200. The molecule has 0 fully saturated rings. The first-order valence-corrected chi connectivity index (χ1v) is 8.23. The predicted octanol–water partition coefficient (Wildman–Crippen LogP) is 5.65. The minimum Gasteiger partial charge on any atom is -0.494 e. The number of fused-ring (bicyclic) bond motifs is 1. The van der Waals surface area contributed by atoms with Crippen molar-refractivity contribution in [2.45, 2.75) is 44.9 Å². The van der Waals surface area contributed by atoms with E-state index in [2.05, 4.69) is 57.8 Å². The molecule has 0 bridgehead atoms. The van der Waals surface area contributed by atoms with E-state index in [-0.39, 0.29) is 0 Å². The van der Waals surface area contributed by atoms with Gasteiger partial charge in [0.2, 0.25) is 0 Å². The first kappa shape index (κ1) is 14.4. The van der Waals surface area contributed by atoms with Crippen LogP contribution in [0.5, 0.6) is 5.75 Å². The maximum absolute atomic E-state index is 5.64. The van der Waals surface area contributed by atoms with E-state index in [1.54, 1.807) is 0 Å². The first-order valence-electron chi connectivity index (χ1n) is 6.52. The van der Waals surface area contributed by atoms with Crippen LogP contribution in [0.4, 0.5) is 0 Å². The third-order valence-corrected chi connectivity index (χ3v) is 5.16.